The molecule has 0 aliphatic rings. The number of aromatic nitrogens is 6. The fourth-order valence-electron chi connectivity index (χ4n) is 1.28. The van der Waals surface area contributed by atoms with E-state index in [1.807, 2.05) is 6.92 Å². The molecule has 2 rings (SSSR count). The van der Waals surface area contributed by atoms with E-state index in [0.717, 1.165) is 10.9 Å². The lowest BCUT2D eigenvalue weighted by molar-refractivity contribution is 0.0951. The van der Waals surface area contributed by atoms with Gasteiger partial charge in [-0.25, -0.2) is 4.68 Å². The molecule has 96 valence electrons. The van der Waals surface area contributed by atoms with E-state index in [4.69, 9.17) is 0 Å². The molecule has 1 amide bonds. The van der Waals surface area contributed by atoms with Crippen LogP contribution >= 0.6 is 11.8 Å². The van der Waals surface area contributed by atoms with Crippen LogP contribution in [-0.2, 0) is 7.05 Å². The number of nitrogens with zero attached hydrogens (tertiary/aromatic N) is 5. The first-order chi connectivity index (χ1) is 8.66. The molecule has 0 spiro atoms. The van der Waals surface area contributed by atoms with Gasteiger partial charge >= 0.3 is 0 Å². The predicted molar refractivity (Wildman–Crippen MR) is 65.2 cm³/mol. The summed E-state index contributed by atoms with van der Waals surface area (Å²) in [6, 6.07) is 1.70. The maximum atomic E-state index is 11.6. The summed E-state index contributed by atoms with van der Waals surface area (Å²) in [5.74, 6) is 0.514. The van der Waals surface area contributed by atoms with E-state index in [9.17, 15) is 4.79 Å². The van der Waals surface area contributed by atoms with E-state index >= 15 is 0 Å². The van der Waals surface area contributed by atoms with Crippen molar-refractivity contribution in [2.45, 2.75) is 12.1 Å². The van der Waals surface area contributed by atoms with Gasteiger partial charge in [-0.3, -0.25) is 9.89 Å². The normalized spacial score (nSPS) is 10.6. The van der Waals surface area contributed by atoms with Gasteiger partial charge in [0.05, 0.1) is 0 Å². The summed E-state index contributed by atoms with van der Waals surface area (Å²) >= 11 is 1.48. The van der Waals surface area contributed by atoms with Gasteiger partial charge in [0.1, 0.15) is 5.69 Å². The Bertz CT molecular complexity index is 535. The smallest absolute Gasteiger partial charge is 0.271 e. The van der Waals surface area contributed by atoms with Crippen molar-refractivity contribution in [3.8, 4) is 0 Å². The van der Waals surface area contributed by atoms with Crippen molar-refractivity contribution in [3.05, 3.63) is 17.5 Å². The SMILES string of the molecule is Cc1cc(C(=O)NCCSc2nnnn2C)n[nH]1. The van der Waals surface area contributed by atoms with Crippen LogP contribution in [0.25, 0.3) is 0 Å². The van der Waals surface area contributed by atoms with Crippen molar-refractivity contribution < 1.29 is 4.79 Å². The largest absolute Gasteiger partial charge is 0.350 e. The van der Waals surface area contributed by atoms with E-state index in [1.165, 1.54) is 11.8 Å². The van der Waals surface area contributed by atoms with Crippen molar-refractivity contribution in [2.75, 3.05) is 12.3 Å². The van der Waals surface area contributed by atoms with Gasteiger partial charge < -0.3 is 5.32 Å². The number of nitrogens with one attached hydrogen (secondary N) is 2. The second kappa shape index (κ2) is 5.63. The fraction of sp³-hybridized carbons (Fsp3) is 0.444. The lowest BCUT2D eigenvalue weighted by atomic mass is 10.3. The summed E-state index contributed by atoms with van der Waals surface area (Å²) in [6.45, 7) is 2.38. The Hall–Kier alpha value is -1.90. The lowest BCUT2D eigenvalue weighted by Crippen LogP contribution is -2.26. The first-order valence-corrected chi connectivity index (χ1v) is 6.31. The van der Waals surface area contributed by atoms with Crippen LogP contribution in [0.3, 0.4) is 0 Å². The van der Waals surface area contributed by atoms with Gasteiger partial charge in [0, 0.05) is 25.0 Å². The maximum absolute atomic E-state index is 11.6. The zero-order valence-electron chi connectivity index (χ0n) is 10.0. The Morgan fingerprint density at radius 3 is 3.06 bits per heavy atom. The van der Waals surface area contributed by atoms with E-state index in [1.54, 1.807) is 17.8 Å². The molecule has 0 aromatic carbocycles. The Morgan fingerprint density at radius 2 is 2.44 bits per heavy atom. The van der Waals surface area contributed by atoms with Crippen molar-refractivity contribution in [1.82, 2.24) is 35.7 Å². The number of aryl methyl sites for hydroxylation is 2. The van der Waals surface area contributed by atoms with Gasteiger partial charge in [0.25, 0.3) is 5.91 Å². The minimum absolute atomic E-state index is 0.184. The van der Waals surface area contributed by atoms with Gasteiger partial charge in [0.15, 0.2) is 0 Å². The molecule has 2 heterocycles. The number of carbonyl (C=O) groups excluding carboxylic acids is 1. The Balaban J connectivity index is 1.73. The van der Waals surface area contributed by atoms with Crippen LogP contribution < -0.4 is 5.32 Å². The van der Waals surface area contributed by atoms with Crippen LogP contribution in [0, 0.1) is 6.92 Å². The van der Waals surface area contributed by atoms with E-state index < -0.39 is 0 Å². The molecule has 9 heteroatoms. The summed E-state index contributed by atoms with van der Waals surface area (Å²) in [5.41, 5.74) is 1.26. The number of hydrogen-bond acceptors (Lipinski definition) is 6. The summed E-state index contributed by atoms with van der Waals surface area (Å²) in [7, 11) is 1.77. The summed E-state index contributed by atoms with van der Waals surface area (Å²) in [4.78, 5) is 11.6. The second-order valence-corrected chi connectivity index (χ2v) is 4.69. The number of carbonyl (C=O) groups is 1. The fourth-order valence-corrected chi connectivity index (χ4v) is 1.98. The highest BCUT2D eigenvalue weighted by Crippen LogP contribution is 2.10. The number of H-pyrrole nitrogens is 1. The molecule has 0 saturated heterocycles. The molecule has 0 bridgehead atoms. The number of amides is 1. The second-order valence-electron chi connectivity index (χ2n) is 3.63. The number of hydrogen-bond donors (Lipinski definition) is 2. The third-order valence-corrected chi connectivity index (χ3v) is 3.15. The lowest BCUT2D eigenvalue weighted by Gasteiger charge is -2.01. The Morgan fingerprint density at radius 1 is 1.61 bits per heavy atom. The molecule has 0 aliphatic carbocycles. The Kier molecular flexibility index (Phi) is 3.92. The van der Waals surface area contributed by atoms with E-state index in [-0.39, 0.29) is 5.91 Å². The average Bonchev–Trinajstić information content (AvgIpc) is 2.94. The van der Waals surface area contributed by atoms with Crippen LogP contribution in [-0.4, -0.2) is 48.6 Å². The minimum atomic E-state index is -0.184. The molecule has 0 unspecified atom stereocenters. The number of rotatable bonds is 5. The molecule has 0 atom stereocenters. The number of tetrazole rings is 1. The standard InChI is InChI=1S/C9H13N7OS/c1-6-5-7(12-11-6)8(17)10-3-4-18-9-13-14-15-16(9)2/h5H,3-4H2,1-2H3,(H,10,17)(H,11,12). The predicted octanol–water partition coefficient (Wildman–Crippen LogP) is -0.236. The molecule has 0 aliphatic heterocycles. The molecule has 0 saturated carbocycles. The van der Waals surface area contributed by atoms with Crippen LogP contribution in [0.4, 0.5) is 0 Å². The van der Waals surface area contributed by atoms with Crippen LogP contribution in [0.5, 0.6) is 0 Å². The van der Waals surface area contributed by atoms with Crippen molar-refractivity contribution in [1.29, 1.82) is 0 Å². The Labute approximate surface area is 108 Å². The molecule has 2 aromatic heterocycles. The highest BCUT2D eigenvalue weighted by Gasteiger charge is 2.08. The van der Waals surface area contributed by atoms with Crippen LogP contribution in [0.15, 0.2) is 11.2 Å². The average molecular weight is 267 g/mol. The molecular formula is C9H13N7OS. The van der Waals surface area contributed by atoms with Crippen LogP contribution in [0.1, 0.15) is 16.2 Å². The zero-order valence-corrected chi connectivity index (χ0v) is 10.9. The molecule has 18 heavy (non-hydrogen) atoms. The zero-order chi connectivity index (χ0) is 13.0. The summed E-state index contributed by atoms with van der Waals surface area (Å²) in [5, 5.41) is 21.2. The van der Waals surface area contributed by atoms with Gasteiger partial charge in [-0.2, -0.15) is 5.10 Å². The molecule has 8 nitrogen and oxygen atoms in total. The van der Waals surface area contributed by atoms with E-state index in [2.05, 4.69) is 31.0 Å². The van der Waals surface area contributed by atoms with Gasteiger partial charge in [-0.05, 0) is 23.4 Å². The monoisotopic (exact) mass is 267 g/mol. The summed E-state index contributed by atoms with van der Waals surface area (Å²) < 4.78 is 1.59. The summed E-state index contributed by atoms with van der Waals surface area (Å²) in [6.07, 6.45) is 0. The molecule has 0 radical (unpaired) electrons. The third-order valence-electron chi connectivity index (χ3n) is 2.14. The number of aromatic amines is 1. The molecule has 0 fully saturated rings. The molecule has 2 N–H and O–H groups in total. The highest BCUT2D eigenvalue weighted by atomic mass is 32.2. The quantitative estimate of drug-likeness (QED) is 0.573. The number of thioether (sulfide) groups is 1. The van der Waals surface area contributed by atoms with Crippen molar-refractivity contribution in [2.24, 2.45) is 7.05 Å². The first kappa shape index (κ1) is 12.6. The van der Waals surface area contributed by atoms with Gasteiger partial charge in [-0.1, -0.05) is 11.8 Å². The first-order valence-electron chi connectivity index (χ1n) is 5.32. The third kappa shape index (κ3) is 3.06. The van der Waals surface area contributed by atoms with Crippen LogP contribution in [0.2, 0.25) is 0 Å². The highest BCUT2D eigenvalue weighted by molar-refractivity contribution is 7.99. The van der Waals surface area contributed by atoms with Gasteiger partial charge in [-0.15, -0.1) is 5.10 Å². The maximum Gasteiger partial charge on any atom is 0.271 e. The van der Waals surface area contributed by atoms with Gasteiger partial charge in [0.2, 0.25) is 5.16 Å². The van der Waals surface area contributed by atoms with Crippen molar-refractivity contribution >= 4 is 17.7 Å². The van der Waals surface area contributed by atoms with Crippen molar-refractivity contribution in [3.63, 3.8) is 0 Å². The molecular weight excluding hydrogens is 254 g/mol. The topological polar surface area (TPSA) is 101 Å². The molecule has 2 aromatic rings. The van der Waals surface area contributed by atoms with E-state index in [0.29, 0.717) is 18.0 Å². The minimum Gasteiger partial charge on any atom is -0.350 e.